The van der Waals surface area contributed by atoms with Crippen molar-refractivity contribution in [2.45, 2.75) is 260 Å². The van der Waals surface area contributed by atoms with Crippen molar-refractivity contribution in [3.8, 4) is 42.3 Å². The summed E-state index contributed by atoms with van der Waals surface area (Å²) >= 11 is 12.9. The lowest BCUT2D eigenvalue weighted by Gasteiger charge is -2.35. The molecule has 0 fully saturated rings. The number of anilines is 2. The van der Waals surface area contributed by atoms with Crippen LogP contribution in [0.4, 0.5) is 29.2 Å². The van der Waals surface area contributed by atoms with E-state index in [4.69, 9.17) is 54.1 Å². The predicted molar refractivity (Wildman–Crippen MR) is 568 cm³/mol. The standard InChI is InChI=1S/2C28H36N2O4S2.2C23H25N3O3S2.C3H9NO/c1-18-25-20(14-15-30(18)27(32)34-28(2,3)4)24(26-29-21-12-8-9-13-22(21)36-26)23(35-25)17-19(31)11-7-6-10-16-33-5;1-18-15-20-24(17-30(18)27(32)34-28(2,3)4)35-23(16-19(31)11-7-6-10-14-33-5)25(20)26-29-21-12-8-9-13-22(21)36-26;1-6-18(27)25-21-19(20-24-15-9-7-8-10-16(15)30-20)14-11-13(2)26(12-17(14)31-21)22(28)29-23(3,4)5;1-6-17(27)25-21-18(20-24-15-9-7-8-10-16(15)30-20)14-11-12-26(13(2)19(14)31-21)22(28)29-23(3,4)5;1-5-3-2-4/h2*8-9,12-13,18H,6-7,10-11,14-17H2,1-5H3;2*6-10,13H,1,11-12H2,2-5H3,(H,25,27);2-4H2,1H3. The van der Waals surface area contributed by atoms with Gasteiger partial charge < -0.3 is 69.1 Å². The Morgan fingerprint density at radius 2 is 0.719 bits per heavy atom. The first-order valence-corrected chi connectivity index (χ1v) is 53.7. The summed E-state index contributed by atoms with van der Waals surface area (Å²) in [6, 6.07) is 32.0. The number of thiophene rings is 4. The van der Waals surface area contributed by atoms with Crippen molar-refractivity contribution in [1.82, 2.24) is 39.5 Å². The lowest BCUT2D eigenvalue weighted by atomic mass is 9.95. The van der Waals surface area contributed by atoms with Gasteiger partial charge in [-0.1, -0.05) is 74.5 Å². The second-order valence-electron chi connectivity index (χ2n) is 38.6. The topological polar surface area (TPSA) is 316 Å². The van der Waals surface area contributed by atoms with Crippen molar-refractivity contribution in [3.05, 3.63) is 174 Å². The Labute approximate surface area is 847 Å². The van der Waals surface area contributed by atoms with Gasteiger partial charge in [0.15, 0.2) is 0 Å². The maximum atomic E-state index is 13.0. The van der Waals surface area contributed by atoms with Crippen LogP contribution in [0.5, 0.6) is 0 Å². The van der Waals surface area contributed by atoms with Gasteiger partial charge in [-0.05, 0) is 245 Å². The van der Waals surface area contributed by atoms with Crippen LogP contribution in [0.15, 0.2) is 122 Å². The summed E-state index contributed by atoms with van der Waals surface area (Å²) in [6.07, 6.45) is 11.8. The van der Waals surface area contributed by atoms with E-state index in [9.17, 15) is 38.4 Å². The molecular formula is C105H131N11O15S8. The first-order valence-electron chi connectivity index (χ1n) is 47.2. The third kappa shape index (κ3) is 28.3. The minimum Gasteiger partial charge on any atom is -0.444 e. The smallest absolute Gasteiger partial charge is 0.410 e. The van der Waals surface area contributed by atoms with Gasteiger partial charge in [-0.25, -0.2) is 39.1 Å². The maximum absolute atomic E-state index is 13.0. The van der Waals surface area contributed by atoms with E-state index < -0.39 is 22.4 Å². The Morgan fingerprint density at radius 1 is 0.403 bits per heavy atom. The monoisotopic (exact) mass is 2040 g/mol. The molecule has 8 aromatic heterocycles. The number of hydrogen-bond acceptors (Lipinski definition) is 28. The van der Waals surface area contributed by atoms with Crippen LogP contribution in [0.2, 0.25) is 0 Å². The third-order valence-corrected chi connectivity index (χ3v) is 32.3. The molecule has 34 heteroatoms. The Balaban J connectivity index is 0.000000163. The Kier molecular flexibility index (Phi) is 37.3. The number of fused-ring (bicyclic) bond motifs is 8. The minimum atomic E-state index is -0.554. The number of ether oxygens (including phenoxy) is 7. The molecule has 139 heavy (non-hydrogen) atoms. The first-order chi connectivity index (χ1) is 66.1. The molecule has 12 aromatic rings. The Morgan fingerprint density at radius 3 is 1.07 bits per heavy atom. The van der Waals surface area contributed by atoms with E-state index in [1.807, 2.05) is 192 Å². The zero-order valence-corrected chi connectivity index (χ0v) is 89.7. The average Bonchev–Trinajstić information content (AvgIpc) is 1.62. The number of Topliss-reactive ketones (excluding diaryl/α,β-unsaturated/α-hetero) is 2. The van der Waals surface area contributed by atoms with E-state index in [1.165, 1.54) is 46.0 Å². The highest BCUT2D eigenvalue weighted by Crippen LogP contribution is 2.53. The molecule has 0 bridgehead atoms. The van der Waals surface area contributed by atoms with Crippen LogP contribution in [0.3, 0.4) is 0 Å². The van der Waals surface area contributed by atoms with Crippen LogP contribution in [0, 0.1) is 0 Å². The summed E-state index contributed by atoms with van der Waals surface area (Å²) in [5.41, 5.74) is 15.5. The molecule has 0 aliphatic carbocycles. The van der Waals surface area contributed by atoms with Crippen molar-refractivity contribution < 1.29 is 71.5 Å². The molecule has 26 nitrogen and oxygen atoms in total. The van der Waals surface area contributed by atoms with Gasteiger partial charge in [-0.3, -0.25) is 19.2 Å². The molecule has 4 atom stereocenters. The Hall–Kier alpha value is -10.1. The summed E-state index contributed by atoms with van der Waals surface area (Å²) in [5.74, 6) is -0.0222. The summed E-state index contributed by atoms with van der Waals surface area (Å²) in [4.78, 5) is 135. The number of benzene rings is 4. The number of methoxy groups -OCH3 is 3. The van der Waals surface area contributed by atoms with Crippen LogP contribution >= 0.6 is 90.7 Å². The molecule has 4 unspecified atom stereocenters. The molecule has 744 valence electrons. The van der Waals surface area contributed by atoms with Crippen molar-refractivity contribution in [1.29, 1.82) is 0 Å². The van der Waals surface area contributed by atoms with E-state index in [0.717, 1.165) is 198 Å². The number of rotatable bonds is 26. The van der Waals surface area contributed by atoms with Crippen LogP contribution in [0.1, 0.15) is 226 Å². The van der Waals surface area contributed by atoms with Gasteiger partial charge in [-0.15, -0.1) is 90.7 Å². The lowest BCUT2D eigenvalue weighted by Crippen LogP contribution is -2.44. The van der Waals surface area contributed by atoms with Crippen molar-refractivity contribution in [3.63, 3.8) is 0 Å². The highest BCUT2D eigenvalue weighted by molar-refractivity contribution is 7.24. The third-order valence-electron chi connectivity index (χ3n) is 23.0. The molecular weight excluding hydrogens is 1910 g/mol. The van der Waals surface area contributed by atoms with Gasteiger partial charge in [0.2, 0.25) is 11.8 Å². The van der Waals surface area contributed by atoms with Crippen LogP contribution in [-0.4, -0.2) is 183 Å². The minimum absolute atomic E-state index is 0.000542. The number of unbranched alkanes of at least 4 members (excludes halogenated alkanes) is 4. The quantitative estimate of drug-likeness (QED) is 0.0258. The number of para-hydroxylation sites is 4. The number of nitrogens with two attached hydrogens (primary N) is 1. The van der Waals surface area contributed by atoms with E-state index in [-0.39, 0.29) is 71.9 Å². The molecule has 6 amide bonds. The van der Waals surface area contributed by atoms with Crippen molar-refractivity contribution in [2.75, 3.05) is 71.4 Å². The molecule has 4 aliphatic rings. The predicted octanol–water partition coefficient (Wildman–Crippen LogP) is 25.6. The largest absolute Gasteiger partial charge is 0.444 e. The van der Waals surface area contributed by atoms with Crippen molar-refractivity contribution >= 4 is 189 Å². The molecule has 4 aliphatic heterocycles. The number of carbonyl (C=O) groups is 8. The van der Waals surface area contributed by atoms with E-state index >= 15 is 0 Å². The molecule has 0 saturated heterocycles. The molecule has 0 radical (unpaired) electrons. The fourth-order valence-electron chi connectivity index (χ4n) is 16.6. The number of ketones is 2. The average molecular weight is 2040 g/mol. The number of carbonyl (C=O) groups excluding carboxylic acids is 8. The van der Waals surface area contributed by atoms with Crippen LogP contribution in [-0.2, 0) is 104 Å². The van der Waals surface area contributed by atoms with Crippen LogP contribution in [0.25, 0.3) is 83.2 Å². The second kappa shape index (κ2) is 48.1. The number of nitrogens with zero attached hydrogens (tertiary/aromatic N) is 8. The highest BCUT2D eigenvalue weighted by Gasteiger charge is 2.42. The van der Waals surface area contributed by atoms with Gasteiger partial charge >= 0.3 is 24.4 Å². The van der Waals surface area contributed by atoms with Gasteiger partial charge in [0, 0.05) is 143 Å². The van der Waals surface area contributed by atoms with E-state index in [2.05, 4.69) is 54.5 Å². The number of thiazole rings is 4. The second-order valence-corrected chi connectivity index (χ2v) is 47.2. The zero-order valence-electron chi connectivity index (χ0n) is 83.2. The van der Waals surface area contributed by atoms with Crippen molar-refractivity contribution in [2.24, 2.45) is 5.73 Å². The molecule has 12 heterocycles. The van der Waals surface area contributed by atoms with Gasteiger partial charge in [0.25, 0.3) is 0 Å². The van der Waals surface area contributed by atoms with Gasteiger partial charge in [0.1, 0.15) is 64.0 Å². The highest BCUT2D eigenvalue weighted by atomic mass is 32.1. The van der Waals surface area contributed by atoms with Gasteiger partial charge in [0.05, 0.1) is 72.6 Å². The normalized spacial score (nSPS) is 15.7. The summed E-state index contributed by atoms with van der Waals surface area (Å²) < 4.78 is 41.8. The molecule has 16 rings (SSSR count). The molecule has 0 saturated carbocycles. The maximum Gasteiger partial charge on any atom is 0.410 e. The SMILES string of the molecule is C=CC(=O)Nc1sc2c(c1-c1nc3ccccc3s1)CC(C)N(C(=O)OC(C)(C)C)C2.C=CC(=O)Nc1sc2c(c1-c1nc3ccccc3s1)CCN(C(=O)OC(C)(C)C)C2C.COCCCCCC(=O)Cc1sc2c(c1-c1nc3ccccc3s1)CC(C)N(C(=O)OC(C)(C)C)C2.COCCCCCC(=O)Cc1sc2c(c1-c1nc3ccccc3s1)CCN(C(=O)OC(C)(C)C)C2C.COCCN. The fourth-order valence-corrected chi connectivity index (χ4v) is 26.4. The first kappa shape index (κ1) is 108. The van der Waals surface area contributed by atoms with E-state index in [0.29, 0.717) is 77.9 Å². The van der Waals surface area contributed by atoms with Crippen LogP contribution < -0.4 is 16.4 Å². The zero-order chi connectivity index (χ0) is 101. The number of amides is 6. The lowest BCUT2D eigenvalue weighted by molar-refractivity contribution is -0.119. The summed E-state index contributed by atoms with van der Waals surface area (Å²) in [7, 11) is 5.04. The fraction of sp³-hybridized carbons (Fsp3) is 0.467. The van der Waals surface area contributed by atoms with E-state index in [1.54, 1.807) is 99.1 Å². The summed E-state index contributed by atoms with van der Waals surface area (Å²) in [5, 5.41) is 11.1. The number of aromatic nitrogens is 4. The number of nitrogens with one attached hydrogen (secondary N) is 2. The Bertz CT molecular complexity index is 6170. The summed E-state index contributed by atoms with van der Waals surface area (Å²) in [6.45, 7) is 42.6. The molecule has 0 spiro atoms. The van der Waals surface area contributed by atoms with Gasteiger partial charge in [-0.2, -0.15) is 0 Å². The molecule has 4 aromatic carbocycles. The molecule has 4 N–H and O–H groups in total. The number of hydrogen-bond donors (Lipinski definition) is 3.